The number of benzene rings is 5. The molecule has 2 heterocycles. The first kappa shape index (κ1) is 48.6. The summed E-state index contributed by atoms with van der Waals surface area (Å²) >= 11 is 1.21. The molecule has 0 bridgehead atoms. The number of carbonyl (C=O) groups is 1. The Kier molecular flexibility index (Phi) is 17.2. The fourth-order valence-electron chi connectivity index (χ4n) is 5.86. The molecule has 0 aliphatic heterocycles. The van der Waals surface area contributed by atoms with Crippen LogP contribution in [-0.4, -0.2) is 30.8 Å². The fourth-order valence-corrected chi connectivity index (χ4v) is 6.71. The van der Waals surface area contributed by atoms with Gasteiger partial charge >= 0.3 is 65.1 Å². The molecule has 24 heteroatoms. The van der Waals surface area contributed by atoms with Crippen LogP contribution in [-0.2, 0) is 18.7 Å². The first-order valence-corrected chi connectivity index (χ1v) is 18.6. The molecule has 0 radical (unpaired) electrons. The first-order chi connectivity index (χ1) is 29.6. The standard InChI is InChI=1S/C39H25N9O11S2.2Na/c1-20-29(19-40)37(50)48(25-10-5-21(6-11-25)39(52)53)38(51)33(20)46-43-24-7-4-22-17-32(61-59-57-55)35(36(49)28(22)18-24)47-45-31-15-14-30(27-3-2-16-41-34(27)31)44-42-23-8-12-26(13-9-23)60-58-56-54;;/h2-18,49-50,54-55H,1H3,(H,52,53);;/q;2*+1/p-2. The molecule has 3 N–H and O–H groups in total. The van der Waals surface area contributed by atoms with Crippen LogP contribution >= 0.6 is 24.1 Å². The summed E-state index contributed by atoms with van der Waals surface area (Å²) in [5, 5.41) is 96.1. The second kappa shape index (κ2) is 22.2. The number of aromatic hydroxyl groups is 2. The van der Waals surface area contributed by atoms with Crippen LogP contribution in [0.5, 0.6) is 11.6 Å². The Balaban J connectivity index is 0.00000374. The zero-order chi connectivity index (χ0) is 43.0. The maximum absolute atomic E-state index is 13.7. The summed E-state index contributed by atoms with van der Waals surface area (Å²) in [7, 11) is 0. The molecule has 63 heavy (non-hydrogen) atoms. The number of carboxylic acid groups (broad SMARTS) is 1. The van der Waals surface area contributed by atoms with Crippen LogP contribution in [0, 0.1) is 18.3 Å². The van der Waals surface area contributed by atoms with Gasteiger partial charge in [-0.1, -0.05) is 6.07 Å². The smallest absolute Gasteiger partial charge is 0.691 e. The van der Waals surface area contributed by atoms with Gasteiger partial charge in [0, 0.05) is 27.4 Å². The van der Waals surface area contributed by atoms with Crippen molar-refractivity contribution in [1.29, 1.82) is 5.26 Å². The van der Waals surface area contributed by atoms with E-state index in [1.165, 1.54) is 43.3 Å². The van der Waals surface area contributed by atoms with Crippen LogP contribution in [0.15, 0.2) is 149 Å². The number of rotatable bonds is 14. The van der Waals surface area contributed by atoms with Crippen LogP contribution < -0.4 is 75.2 Å². The van der Waals surface area contributed by atoms with Gasteiger partial charge in [0.25, 0.3) is 5.56 Å². The van der Waals surface area contributed by atoms with Gasteiger partial charge in [0.05, 0.1) is 62.8 Å². The summed E-state index contributed by atoms with van der Waals surface area (Å²) in [4.78, 5) is 30.2. The quantitative estimate of drug-likeness (QED) is 0.0465. The van der Waals surface area contributed by atoms with Crippen molar-refractivity contribution in [2.75, 3.05) is 0 Å². The van der Waals surface area contributed by atoms with E-state index < -0.39 is 23.2 Å². The summed E-state index contributed by atoms with van der Waals surface area (Å²) in [6.07, 6.45) is 1.55. The minimum Gasteiger partial charge on any atom is -0.691 e. The molecule has 0 saturated carbocycles. The number of fused-ring (bicyclic) bond motifs is 2. The number of hydrogen-bond acceptors (Lipinski definition) is 20. The second-order valence-electron chi connectivity index (χ2n) is 12.3. The molecule has 5 aromatic carbocycles. The van der Waals surface area contributed by atoms with E-state index >= 15 is 0 Å². The van der Waals surface area contributed by atoms with Gasteiger partial charge in [0.2, 0.25) is 5.88 Å². The van der Waals surface area contributed by atoms with Crippen molar-refractivity contribution in [3.05, 3.63) is 130 Å². The number of pyridine rings is 2. The topological polar surface area (TPSA) is 294 Å². The molecule has 0 amide bonds. The van der Waals surface area contributed by atoms with Gasteiger partial charge in [0.1, 0.15) is 23.0 Å². The summed E-state index contributed by atoms with van der Waals surface area (Å²) < 4.78 is 9.69. The van der Waals surface area contributed by atoms with Crippen LogP contribution in [0.4, 0.5) is 34.1 Å². The van der Waals surface area contributed by atoms with E-state index in [1.54, 1.807) is 66.9 Å². The van der Waals surface area contributed by atoms with E-state index in [0.717, 1.165) is 16.6 Å². The van der Waals surface area contributed by atoms with Crippen LogP contribution in [0.1, 0.15) is 21.5 Å². The van der Waals surface area contributed by atoms with E-state index in [2.05, 4.69) is 54.4 Å². The second-order valence-corrected chi connectivity index (χ2v) is 13.8. The SMILES string of the molecule is Cc1c(C#N)c(O)n(-c2ccc(C(=O)O)cc2)c(=O)c1N=Nc1ccc2cc(SOO[O-])c(N=Nc3ccc(N=Nc4ccc(SOO[O-])cc4)c4cccnc34)c(O)c2c1.[Na+].[Na+]. The van der Waals surface area contributed by atoms with Gasteiger partial charge in [-0.3, -0.25) is 19.9 Å². The number of nitriles is 1. The number of nitrogens with zero attached hydrogens (tertiary/aromatic N) is 9. The van der Waals surface area contributed by atoms with Crippen LogP contribution in [0.25, 0.3) is 27.4 Å². The third-order valence-electron chi connectivity index (χ3n) is 8.76. The van der Waals surface area contributed by atoms with Crippen molar-refractivity contribution >= 4 is 85.9 Å². The third kappa shape index (κ3) is 10.8. The number of aromatic nitrogens is 2. The summed E-state index contributed by atoms with van der Waals surface area (Å²) in [6, 6.07) is 26.3. The molecule has 7 aromatic rings. The third-order valence-corrected chi connectivity index (χ3v) is 9.96. The van der Waals surface area contributed by atoms with E-state index in [4.69, 9.17) is 0 Å². The molecule has 0 unspecified atom stereocenters. The van der Waals surface area contributed by atoms with Gasteiger partial charge in [-0.2, -0.15) is 24.2 Å². The number of phenolic OH excluding ortho intramolecular Hbond substituents is 1. The summed E-state index contributed by atoms with van der Waals surface area (Å²) in [5.41, 5.74) is 0.278. The number of azo groups is 3. The molecule has 0 spiro atoms. The first-order valence-electron chi connectivity index (χ1n) is 17.1. The average Bonchev–Trinajstić information content (AvgIpc) is 3.27. The molecule has 0 saturated heterocycles. The number of hydrogen-bond donors (Lipinski definition) is 3. The minimum atomic E-state index is -1.20. The predicted molar refractivity (Wildman–Crippen MR) is 212 cm³/mol. The molecule has 20 nitrogen and oxygen atoms in total. The van der Waals surface area contributed by atoms with Gasteiger partial charge in [-0.25, -0.2) is 9.36 Å². The molecule has 0 aliphatic rings. The molecule has 2 aromatic heterocycles. The van der Waals surface area contributed by atoms with Crippen molar-refractivity contribution in [2.45, 2.75) is 16.7 Å². The van der Waals surface area contributed by atoms with Gasteiger partial charge < -0.3 is 25.8 Å². The van der Waals surface area contributed by atoms with Crippen molar-refractivity contribution in [3.63, 3.8) is 0 Å². The van der Waals surface area contributed by atoms with Crippen molar-refractivity contribution < 1.29 is 108 Å². The zero-order valence-corrected chi connectivity index (χ0v) is 38.4. The molecular weight excluding hydrogens is 881 g/mol. The predicted octanol–water partition coefficient (Wildman–Crippen LogP) is 2.54. The maximum atomic E-state index is 13.7. The molecule has 0 aliphatic carbocycles. The average molecular weight is 904 g/mol. The Morgan fingerprint density at radius 1 is 0.778 bits per heavy atom. The number of aromatic carboxylic acids is 1. The monoisotopic (exact) mass is 903 g/mol. The van der Waals surface area contributed by atoms with Gasteiger partial charge in [0.15, 0.2) is 11.4 Å². The molecular formula is C39H23N9Na2O11S2. The Morgan fingerprint density at radius 3 is 2.13 bits per heavy atom. The Morgan fingerprint density at radius 2 is 1.43 bits per heavy atom. The zero-order valence-electron chi connectivity index (χ0n) is 32.8. The van der Waals surface area contributed by atoms with E-state index in [1.807, 2.05) is 6.07 Å². The summed E-state index contributed by atoms with van der Waals surface area (Å²) in [6.45, 7) is 1.41. The minimum absolute atomic E-state index is 0. The Labute approximate surface area is 406 Å². The fraction of sp³-hybridized carbons (Fsp3) is 0.0256. The summed E-state index contributed by atoms with van der Waals surface area (Å²) in [5.74, 6) is -2.28. The molecule has 304 valence electrons. The van der Waals surface area contributed by atoms with Gasteiger partial charge in [-0.15, -0.1) is 20.5 Å². The maximum Gasteiger partial charge on any atom is 1.00 e. The Hall–Kier alpha value is -5.46. The molecule has 7 rings (SSSR count). The number of phenols is 1. The van der Waals surface area contributed by atoms with E-state index in [9.17, 15) is 40.7 Å². The van der Waals surface area contributed by atoms with Crippen molar-refractivity contribution in [3.8, 4) is 23.4 Å². The van der Waals surface area contributed by atoms with Gasteiger partial charge in [-0.05, 0) is 103 Å². The number of carboxylic acids is 1. The van der Waals surface area contributed by atoms with Crippen molar-refractivity contribution in [2.24, 2.45) is 30.7 Å². The molecule has 0 atom stereocenters. The van der Waals surface area contributed by atoms with Crippen LogP contribution in [0.3, 0.4) is 0 Å². The van der Waals surface area contributed by atoms with E-state index in [0.29, 0.717) is 44.6 Å². The van der Waals surface area contributed by atoms with Crippen molar-refractivity contribution in [1.82, 2.24) is 9.55 Å². The normalized spacial score (nSPS) is 11.3. The Bertz CT molecular complexity index is 3030. The largest absolute Gasteiger partial charge is 1.00 e. The van der Waals surface area contributed by atoms with Crippen LogP contribution in [0.2, 0.25) is 0 Å². The molecule has 0 fully saturated rings. The van der Waals surface area contributed by atoms with E-state index in [-0.39, 0.29) is 115 Å².